The van der Waals surface area contributed by atoms with Crippen LogP contribution in [0.25, 0.3) is 11.0 Å². The first-order valence-electron chi connectivity index (χ1n) is 6.98. The normalized spacial score (nSPS) is 11.6. The van der Waals surface area contributed by atoms with Crippen LogP contribution in [0.15, 0.2) is 16.9 Å². The molecule has 2 aromatic heterocycles. The summed E-state index contributed by atoms with van der Waals surface area (Å²) in [5.41, 5.74) is 0.105. The molecular weight excluding hydrogens is 309 g/mol. The van der Waals surface area contributed by atoms with Crippen LogP contribution in [0.5, 0.6) is 0 Å². The molecule has 23 heavy (non-hydrogen) atoms. The van der Waals surface area contributed by atoms with Crippen molar-refractivity contribution in [1.82, 2.24) is 20.2 Å². The number of aromatic amines is 2. The van der Waals surface area contributed by atoms with Crippen molar-refractivity contribution in [3.63, 3.8) is 0 Å². The van der Waals surface area contributed by atoms with Crippen LogP contribution < -0.4 is 5.56 Å². The molecular formula is C15H13F3N4O. The van der Waals surface area contributed by atoms with Gasteiger partial charge in [-0.25, -0.2) is 18.2 Å². The van der Waals surface area contributed by atoms with Gasteiger partial charge in [0.05, 0.1) is 5.69 Å². The molecule has 0 fully saturated rings. The van der Waals surface area contributed by atoms with E-state index in [-0.39, 0.29) is 23.7 Å². The van der Waals surface area contributed by atoms with Crippen LogP contribution in [0.3, 0.4) is 0 Å². The van der Waals surface area contributed by atoms with E-state index in [1.807, 2.05) is 13.8 Å². The summed E-state index contributed by atoms with van der Waals surface area (Å²) in [6, 6.07) is 1.54. The van der Waals surface area contributed by atoms with E-state index in [9.17, 15) is 18.0 Å². The van der Waals surface area contributed by atoms with Crippen LogP contribution >= 0.6 is 0 Å². The highest BCUT2D eigenvalue weighted by Gasteiger charge is 2.18. The zero-order valence-electron chi connectivity index (χ0n) is 12.4. The van der Waals surface area contributed by atoms with Crippen LogP contribution in [0.1, 0.15) is 36.8 Å². The maximum atomic E-state index is 13.8. The third-order valence-electron chi connectivity index (χ3n) is 3.55. The number of H-pyrrole nitrogens is 2. The Morgan fingerprint density at radius 1 is 1.13 bits per heavy atom. The van der Waals surface area contributed by atoms with Gasteiger partial charge >= 0.3 is 0 Å². The zero-order valence-corrected chi connectivity index (χ0v) is 12.4. The number of benzene rings is 1. The minimum atomic E-state index is -1.29. The third kappa shape index (κ3) is 2.60. The smallest absolute Gasteiger partial charge is 0.279 e. The number of hydrogen-bond acceptors (Lipinski definition) is 3. The largest absolute Gasteiger partial charge is 0.308 e. The van der Waals surface area contributed by atoms with Gasteiger partial charge in [-0.2, -0.15) is 5.10 Å². The van der Waals surface area contributed by atoms with E-state index < -0.39 is 28.6 Å². The molecule has 1 aromatic carbocycles. The van der Waals surface area contributed by atoms with Crippen LogP contribution in [-0.2, 0) is 6.42 Å². The highest BCUT2D eigenvalue weighted by Crippen LogP contribution is 2.21. The van der Waals surface area contributed by atoms with Gasteiger partial charge in [0.1, 0.15) is 17.2 Å². The van der Waals surface area contributed by atoms with Gasteiger partial charge in [0.25, 0.3) is 5.56 Å². The van der Waals surface area contributed by atoms with Crippen molar-refractivity contribution in [2.45, 2.75) is 26.2 Å². The number of nitrogens with one attached hydrogen (secondary N) is 2. The molecule has 0 unspecified atom stereocenters. The van der Waals surface area contributed by atoms with Gasteiger partial charge in [-0.05, 0) is 18.1 Å². The molecule has 0 amide bonds. The number of nitrogens with zero attached hydrogens (tertiary/aromatic N) is 2. The van der Waals surface area contributed by atoms with Crippen LogP contribution in [0, 0.1) is 17.5 Å². The molecule has 0 aliphatic rings. The molecule has 0 aliphatic heterocycles. The van der Waals surface area contributed by atoms with Gasteiger partial charge in [0.2, 0.25) is 0 Å². The number of aromatic nitrogens is 4. The SMILES string of the molecule is CC(C)c1[nH]nc2c(=O)[nH]c(Cc3c(F)ccc(F)c3F)nc12. The average Bonchev–Trinajstić information content (AvgIpc) is 2.92. The Balaban J connectivity index is 2.13. The first-order chi connectivity index (χ1) is 10.9. The lowest BCUT2D eigenvalue weighted by Crippen LogP contribution is -2.13. The van der Waals surface area contributed by atoms with E-state index in [0.29, 0.717) is 17.3 Å². The molecule has 120 valence electrons. The van der Waals surface area contributed by atoms with Crippen molar-refractivity contribution in [3.05, 3.63) is 57.0 Å². The molecule has 2 heterocycles. The molecule has 5 nitrogen and oxygen atoms in total. The van der Waals surface area contributed by atoms with E-state index in [0.717, 1.165) is 6.07 Å². The molecule has 0 radical (unpaired) electrons. The quantitative estimate of drug-likeness (QED) is 0.728. The fourth-order valence-corrected chi connectivity index (χ4v) is 2.36. The second-order valence-corrected chi connectivity index (χ2v) is 5.50. The zero-order chi connectivity index (χ0) is 16.7. The summed E-state index contributed by atoms with van der Waals surface area (Å²) < 4.78 is 40.8. The van der Waals surface area contributed by atoms with Crippen molar-refractivity contribution in [2.24, 2.45) is 0 Å². The second kappa shape index (κ2) is 5.53. The summed E-state index contributed by atoms with van der Waals surface area (Å²) in [5.74, 6) is -3.28. The Labute approximate surface area is 128 Å². The highest BCUT2D eigenvalue weighted by molar-refractivity contribution is 5.76. The van der Waals surface area contributed by atoms with Gasteiger partial charge in [-0.3, -0.25) is 9.89 Å². The van der Waals surface area contributed by atoms with E-state index in [1.54, 1.807) is 0 Å². The summed E-state index contributed by atoms with van der Waals surface area (Å²) in [7, 11) is 0. The van der Waals surface area contributed by atoms with Gasteiger partial charge < -0.3 is 4.98 Å². The summed E-state index contributed by atoms with van der Waals surface area (Å²) in [4.78, 5) is 18.7. The Bertz CT molecular complexity index is 946. The number of hydrogen-bond donors (Lipinski definition) is 2. The van der Waals surface area contributed by atoms with Gasteiger partial charge in [-0.15, -0.1) is 0 Å². The molecule has 3 rings (SSSR count). The minimum absolute atomic E-state index is 0.0322. The van der Waals surface area contributed by atoms with Crippen molar-refractivity contribution in [1.29, 1.82) is 0 Å². The lowest BCUT2D eigenvalue weighted by atomic mass is 10.1. The van der Waals surface area contributed by atoms with Crippen molar-refractivity contribution >= 4 is 11.0 Å². The summed E-state index contributed by atoms with van der Waals surface area (Å²) >= 11 is 0. The predicted molar refractivity (Wildman–Crippen MR) is 77.7 cm³/mol. The molecule has 0 atom stereocenters. The van der Waals surface area contributed by atoms with Gasteiger partial charge in [-0.1, -0.05) is 13.8 Å². The Morgan fingerprint density at radius 3 is 2.52 bits per heavy atom. The van der Waals surface area contributed by atoms with Crippen molar-refractivity contribution < 1.29 is 13.2 Å². The Hall–Kier alpha value is -2.64. The fraction of sp³-hybridized carbons (Fsp3) is 0.267. The van der Waals surface area contributed by atoms with E-state index in [4.69, 9.17) is 0 Å². The number of halogens is 3. The standard InChI is InChI=1S/C15H13F3N4O/c1-6(2)12-13-14(22-21-12)15(23)20-10(19-13)5-7-8(16)3-4-9(17)11(7)18/h3-4,6H,5H2,1-2H3,(H,21,22)(H,19,20,23). The van der Waals surface area contributed by atoms with E-state index >= 15 is 0 Å². The third-order valence-corrected chi connectivity index (χ3v) is 3.55. The topological polar surface area (TPSA) is 74.4 Å². The Morgan fingerprint density at radius 2 is 1.83 bits per heavy atom. The summed E-state index contributed by atoms with van der Waals surface area (Å²) in [6.07, 6.45) is -0.372. The molecule has 8 heteroatoms. The molecule has 0 spiro atoms. The Kier molecular flexibility index (Phi) is 3.67. The van der Waals surface area contributed by atoms with Gasteiger partial charge in [0, 0.05) is 12.0 Å². The van der Waals surface area contributed by atoms with Crippen LogP contribution in [-0.4, -0.2) is 20.2 Å². The maximum Gasteiger partial charge on any atom is 0.279 e. The summed E-state index contributed by atoms with van der Waals surface area (Å²) in [6.45, 7) is 3.78. The lowest BCUT2D eigenvalue weighted by molar-refractivity contribution is 0.481. The summed E-state index contributed by atoms with van der Waals surface area (Å²) in [5, 5.41) is 6.63. The molecule has 3 aromatic rings. The lowest BCUT2D eigenvalue weighted by Gasteiger charge is -2.06. The average molecular weight is 322 g/mol. The first kappa shape index (κ1) is 15.3. The number of fused-ring (bicyclic) bond motifs is 1. The van der Waals surface area contributed by atoms with Crippen molar-refractivity contribution in [2.75, 3.05) is 0 Å². The fourth-order valence-electron chi connectivity index (χ4n) is 2.36. The van der Waals surface area contributed by atoms with Crippen molar-refractivity contribution in [3.8, 4) is 0 Å². The number of rotatable bonds is 3. The monoisotopic (exact) mass is 322 g/mol. The van der Waals surface area contributed by atoms with Crippen LogP contribution in [0.4, 0.5) is 13.2 Å². The van der Waals surface area contributed by atoms with E-state index in [1.165, 1.54) is 0 Å². The molecule has 0 bridgehead atoms. The maximum absolute atomic E-state index is 13.8. The van der Waals surface area contributed by atoms with Crippen LogP contribution in [0.2, 0.25) is 0 Å². The molecule has 2 N–H and O–H groups in total. The minimum Gasteiger partial charge on any atom is -0.308 e. The molecule has 0 aliphatic carbocycles. The van der Waals surface area contributed by atoms with Gasteiger partial charge in [0.15, 0.2) is 17.2 Å². The second-order valence-electron chi connectivity index (χ2n) is 5.50. The van der Waals surface area contributed by atoms with E-state index in [2.05, 4.69) is 20.2 Å². The first-order valence-corrected chi connectivity index (χ1v) is 6.98. The molecule has 0 saturated heterocycles. The predicted octanol–water partition coefficient (Wildman–Crippen LogP) is 2.78. The highest BCUT2D eigenvalue weighted by atomic mass is 19.2. The molecule has 0 saturated carbocycles.